The predicted molar refractivity (Wildman–Crippen MR) is 65.6 cm³/mol. The minimum atomic E-state index is 0.799. The van der Waals surface area contributed by atoms with Crippen molar-refractivity contribution in [3.05, 3.63) is 35.0 Å². The molecule has 0 radical (unpaired) electrons. The third kappa shape index (κ3) is 2.33. The monoisotopic (exact) mass is 222 g/mol. The maximum Gasteiger partial charge on any atom is 0.0457 e. The van der Waals surface area contributed by atoms with E-state index in [4.69, 9.17) is 11.6 Å². The second-order valence-electron chi connectivity index (χ2n) is 4.06. The molecule has 0 saturated heterocycles. The maximum absolute atomic E-state index is 5.99. The Kier molecular flexibility index (Phi) is 2.98. The van der Waals surface area contributed by atoms with Crippen molar-refractivity contribution >= 4 is 22.5 Å². The molecule has 3 heteroatoms. The zero-order valence-electron chi connectivity index (χ0n) is 9.05. The highest BCUT2D eigenvalue weighted by Gasteiger charge is 2.04. The molecule has 80 valence electrons. The summed E-state index contributed by atoms with van der Waals surface area (Å²) in [5, 5.41) is 2.04. The summed E-state index contributed by atoms with van der Waals surface area (Å²) in [7, 11) is 4.17. The second-order valence-corrected chi connectivity index (χ2v) is 4.49. The number of nitrogens with one attached hydrogen (secondary N) is 1. The van der Waals surface area contributed by atoms with E-state index in [0.29, 0.717) is 0 Å². The van der Waals surface area contributed by atoms with Gasteiger partial charge in [0.15, 0.2) is 0 Å². The zero-order valence-corrected chi connectivity index (χ0v) is 9.80. The van der Waals surface area contributed by atoms with Gasteiger partial charge in [-0.25, -0.2) is 0 Å². The van der Waals surface area contributed by atoms with Crippen molar-refractivity contribution < 1.29 is 0 Å². The van der Waals surface area contributed by atoms with Gasteiger partial charge in [-0.1, -0.05) is 11.6 Å². The Morgan fingerprint density at radius 3 is 2.87 bits per heavy atom. The fourth-order valence-electron chi connectivity index (χ4n) is 1.70. The van der Waals surface area contributed by atoms with Crippen molar-refractivity contribution in [1.29, 1.82) is 0 Å². The Balaban J connectivity index is 2.31. The van der Waals surface area contributed by atoms with Crippen LogP contribution in [-0.2, 0) is 6.42 Å². The van der Waals surface area contributed by atoms with Crippen molar-refractivity contribution in [2.24, 2.45) is 0 Å². The zero-order chi connectivity index (χ0) is 10.8. The number of likely N-dealkylation sites (N-methyl/N-ethyl adjacent to an activating group) is 1. The highest BCUT2D eigenvalue weighted by molar-refractivity contribution is 6.31. The van der Waals surface area contributed by atoms with Crippen LogP contribution in [0.25, 0.3) is 10.9 Å². The summed E-state index contributed by atoms with van der Waals surface area (Å²) in [5.41, 5.74) is 2.49. The second kappa shape index (κ2) is 4.25. The molecular weight excluding hydrogens is 208 g/mol. The van der Waals surface area contributed by atoms with Gasteiger partial charge in [-0.2, -0.15) is 0 Å². The van der Waals surface area contributed by atoms with Crippen LogP contribution >= 0.6 is 11.6 Å². The molecule has 0 atom stereocenters. The van der Waals surface area contributed by atoms with Crippen LogP contribution in [-0.4, -0.2) is 30.5 Å². The van der Waals surface area contributed by atoms with Crippen molar-refractivity contribution in [1.82, 2.24) is 9.88 Å². The van der Waals surface area contributed by atoms with Gasteiger partial charge in [0.25, 0.3) is 0 Å². The van der Waals surface area contributed by atoms with Gasteiger partial charge >= 0.3 is 0 Å². The third-order valence-corrected chi connectivity index (χ3v) is 2.79. The number of fused-ring (bicyclic) bond motifs is 1. The molecule has 0 amide bonds. The molecule has 0 saturated carbocycles. The minimum Gasteiger partial charge on any atom is -0.361 e. The van der Waals surface area contributed by atoms with E-state index in [-0.39, 0.29) is 0 Å². The van der Waals surface area contributed by atoms with Gasteiger partial charge in [0.2, 0.25) is 0 Å². The van der Waals surface area contributed by atoms with Crippen LogP contribution in [0.2, 0.25) is 5.02 Å². The molecule has 0 bridgehead atoms. The molecule has 0 aliphatic rings. The number of aromatic nitrogens is 1. The third-order valence-electron chi connectivity index (χ3n) is 2.56. The lowest BCUT2D eigenvalue weighted by atomic mass is 10.1. The maximum atomic E-state index is 5.99. The van der Waals surface area contributed by atoms with E-state index in [9.17, 15) is 0 Å². The number of nitrogens with zero attached hydrogens (tertiary/aromatic N) is 1. The Labute approximate surface area is 94.8 Å². The summed E-state index contributed by atoms with van der Waals surface area (Å²) < 4.78 is 0. The summed E-state index contributed by atoms with van der Waals surface area (Å²) in [6, 6.07) is 5.96. The van der Waals surface area contributed by atoms with Crippen LogP contribution in [0, 0.1) is 0 Å². The lowest BCUT2D eigenvalue weighted by molar-refractivity contribution is 0.414. The first-order valence-corrected chi connectivity index (χ1v) is 5.45. The lowest BCUT2D eigenvalue weighted by Gasteiger charge is -2.08. The van der Waals surface area contributed by atoms with Crippen LogP contribution in [0.5, 0.6) is 0 Å². The molecule has 0 aliphatic heterocycles. The lowest BCUT2D eigenvalue weighted by Crippen LogP contribution is -2.14. The SMILES string of the molecule is CN(C)CCc1c[nH]c2ccc(Cl)cc12. The average molecular weight is 223 g/mol. The van der Waals surface area contributed by atoms with Gasteiger partial charge in [0.1, 0.15) is 0 Å². The minimum absolute atomic E-state index is 0.799. The number of halogens is 1. The molecule has 0 unspecified atom stereocenters. The van der Waals surface area contributed by atoms with Gasteiger partial charge in [-0.15, -0.1) is 0 Å². The van der Waals surface area contributed by atoms with Gasteiger partial charge in [0, 0.05) is 28.7 Å². The smallest absolute Gasteiger partial charge is 0.0457 e. The van der Waals surface area contributed by atoms with Gasteiger partial charge in [-0.05, 0) is 44.3 Å². The van der Waals surface area contributed by atoms with Crippen LogP contribution < -0.4 is 0 Å². The Morgan fingerprint density at radius 2 is 2.13 bits per heavy atom. The first kappa shape index (κ1) is 10.5. The van der Waals surface area contributed by atoms with Crippen LogP contribution in [0.1, 0.15) is 5.56 Å². The number of hydrogen-bond donors (Lipinski definition) is 1. The van der Waals surface area contributed by atoms with Crippen LogP contribution in [0.3, 0.4) is 0 Å². The molecule has 1 N–H and O–H groups in total. The summed E-state index contributed by atoms with van der Waals surface area (Å²) >= 11 is 5.99. The Bertz CT molecular complexity index is 460. The Morgan fingerprint density at radius 1 is 1.33 bits per heavy atom. The highest BCUT2D eigenvalue weighted by Crippen LogP contribution is 2.22. The molecule has 2 aromatic rings. The fourth-order valence-corrected chi connectivity index (χ4v) is 1.87. The number of aromatic amines is 1. The van der Waals surface area contributed by atoms with Crippen molar-refractivity contribution in [3.8, 4) is 0 Å². The number of rotatable bonds is 3. The largest absolute Gasteiger partial charge is 0.361 e. The van der Waals surface area contributed by atoms with E-state index in [1.54, 1.807) is 0 Å². The quantitative estimate of drug-likeness (QED) is 0.846. The molecular formula is C12H15ClN2. The summed E-state index contributed by atoms with van der Waals surface area (Å²) in [6.45, 7) is 1.06. The molecule has 1 aromatic carbocycles. The Hall–Kier alpha value is -0.990. The molecule has 1 aromatic heterocycles. The average Bonchev–Trinajstić information content (AvgIpc) is 2.57. The van der Waals surface area contributed by atoms with Gasteiger partial charge in [-0.3, -0.25) is 0 Å². The normalized spacial score (nSPS) is 11.5. The van der Waals surface area contributed by atoms with Gasteiger partial charge < -0.3 is 9.88 Å². The van der Waals surface area contributed by atoms with Crippen LogP contribution in [0.15, 0.2) is 24.4 Å². The van der Waals surface area contributed by atoms with E-state index in [2.05, 4.69) is 30.2 Å². The van der Waals surface area contributed by atoms with Gasteiger partial charge in [0.05, 0.1) is 0 Å². The van der Waals surface area contributed by atoms with Crippen LogP contribution in [0.4, 0.5) is 0 Å². The van der Waals surface area contributed by atoms with E-state index in [0.717, 1.165) is 23.5 Å². The standard InChI is InChI=1S/C12H15ClN2/c1-15(2)6-5-9-8-14-12-4-3-10(13)7-11(9)12/h3-4,7-8,14H,5-6H2,1-2H3. The van der Waals surface area contributed by atoms with Crippen molar-refractivity contribution in [2.75, 3.05) is 20.6 Å². The van der Waals surface area contributed by atoms with E-state index in [1.807, 2.05) is 18.2 Å². The molecule has 2 nitrogen and oxygen atoms in total. The fraction of sp³-hybridized carbons (Fsp3) is 0.333. The highest BCUT2D eigenvalue weighted by atomic mass is 35.5. The van der Waals surface area contributed by atoms with Crippen molar-refractivity contribution in [2.45, 2.75) is 6.42 Å². The number of hydrogen-bond acceptors (Lipinski definition) is 1. The summed E-state index contributed by atoms with van der Waals surface area (Å²) in [5.74, 6) is 0. The first-order chi connectivity index (χ1) is 7.16. The summed E-state index contributed by atoms with van der Waals surface area (Å²) in [4.78, 5) is 5.45. The first-order valence-electron chi connectivity index (χ1n) is 5.07. The molecule has 1 heterocycles. The van der Waals surface area contributed by atoms with E-state index >= 15 is 0 Å². The number of H-pyrrole nitrogens is 1. The van der Waals surface area contributed by atoms with Crippen molar-refractivity contribution in [3.63, 3.8) is 0 Å². The molecule has 0 aliphatic carbocycles. The predicted octanol–water partition coefficient (Wildman–Crippen LogP) is 2.93. The van der Waals surface area contributed by atoms with E-state index in [1.165, 1.54) is 10.9 Å². The molecule has 0 spiro atoms. The molecule has 2 rings (SSSR count). The summed E-state index contributed by atoms with van der Waals surface area (Å²) in [6.07, 6.45) is 3.12. The topological polar surface area (TPSA) is 19.0 Å². The van der Waals surface area contributed by atoms with E-state index < -0.39 is 0 Å². The molecule has 0 fully saturated rings. The molecule has 15 heavy (non-hydrogen) atoms. The number of benzene rings is 1.